The molecule has 1 aliphatic heterocycles. The van der Waals surface area contributed by atoms with Crippen molar-refractivity contribution >= 4 is 13.3 Å². The summed E-state index contributed by atoms with van der Waals surface area (Å²) in [5.41, 5.74) is 0.377. The topological polar surface area (TPSA) is 21.3 Å². The van der Waals surface area contributed by atoms with Crippen LogP contribution >= 0.6 is 7.60 Å². The van der Waals surface area contributed by atoms with Gasteiger partial charge in [0.05, 0.1) is 0 Å². The second kappa shape index (κ2) is 1.88. The Morgan fingerprint density at radius 3 is 2.67 bits per heavy atom. The molecule has 0 fully saturated rings. The zero-order chi connectivity index (χ0) is 8.84. The molecule has 1 aromatic carbocycles. The molecule has 0 saturated carbocycles. The third-order valence-electron chi connectivity index (χ3n) is 1.55. The summed E-state index contributed by atoms with van der Waals surface area (Å²) in [7, 11) is -5.06. The molecular weight excluding hydrogens is 183 g/mol. The Kier molecular flexibility index (Phi) is 1.21. The SMILES string of the molecule is CP1(F)(F)Nc2ccccc2O1. The Morgan fingerprint density at radius 2 is 2.00 bits per heavy atom. The minimum atomic E-state index is -5.06. The Hall–Kier alpha value is -0.890. The van der Waals surface area contributed by atoms with E-state index in [2.05, 4.69) is 9.61 Å². The van der Waals surface area contributed by atoms with Gasteiger partial charge >= 0.3 is 68.0 Å². The van der Waals surface area contributed by atoms with Gasteiger partial charge in [-0.25, -0.2) is 0 Å². The number of rotatable bonds is 0. The molecule has 0 bridgehead atoms. The van der Waals surface area contributed by atoms with Crippen molar-refractivity contribution in [3.63, 3.8) is 0 Å². The van der Waals surface area contributed by atoms with E-state index in [1.807, 2.05) is 0 Å². The zero-order valence-corrected chi connectivity index (χ0v) is 7.32. The van der Waals surface area contributed by atoms with E-state index >= 15 is 0 Å². The molecule has 0 radical (unpaired) electrons. The maximum absolute atomic E-state index is 13.2. The first kappa shape index (κ1) is 7.74. The van der Waals surface area contributed by atoms with Crippen LogP contribution in [0.5, 0.6) is 5.75 Å². The van der Waals surface area contributed by atoms with E-state index in [1.165, 1.54) is 6.07 Å². The van der Waals surface area contributed by atoms with Crippen LogP contribution in [0, 0.1) is 0 Å². The van der Waals surface area contributed by atoms with Crippen LogP contribution in [-0.2, 0) is 0 Å². The summed E-state index contributed by atoms with van der Waals surface area (Å²) >= 11 is 0. The predicted octanol–water partition coefficient (Wildman–Crippen LogP) is 3.27. The van der Waals surface area contributed by atoms with Gasteiger partial charge in [0.25, 0.3) is 0 Å². The fourth-order valence-corrected chi connectivity index (χ4v) is 2.50. The normalized spacial score (nSPS) is 25.8. The van der Waals surface area contributed by atoms with Gasteiger partial charge in [0.15, 0.2) is 0 Å². The molecule has 66 valence electrons. The molecule has 1 aliphatic rings. The number of anilines is 1. The summed E-state index contributed by atoms with van der Waals surface area (Å²) in [6, 6.07) is 6.46. The van der Waals surface area contributed by atoms with Crippen LogP contribution in [0.25, 0.3) is 0 Å². The van der Waals surface area contributed by atoms with Crippen molar-refractivity contribution in [2.45, 2.75) is 0 Å². The Morgan fingerprint density at radius 1 is 1.33 bits per heavy atom. The maximum atomic E-state index is 13.2. The molecule has 1 heterocycles. The average Bonchev–Trinajstić information content (AvgIpc) is 2.16. The molecule has 0 atom stereocenters. The first-order valence-corrected chi connectivity index (χ1v) is 5.86. The molecule has 0 unspecified atom stereocenters. The predicted molar refractivity (Wildman–Crippen MR) is 45.8 cm³/mol. The fraction of sp³-hybridized carbons (Fsp3) is 0.143. The quantitative estimate of drug-likeness (QED) is 0.635. The Labute approximate surface area is 68.8 Å². The monoisotopic (exact) mass is 191 g/mol. The second-order valence-corrected chi connectivity index (χ2v) is 5.72. The summed E-state index contributed by atoms with van der Waals surface area (Å²) in [6.45, 7) is 0.825. The summed E-state index contributed by atoms with van der Waals surface area (Å²) in [5.74, 6) is 0.239. The van der Waals surface area contributed by atoms with Crippen molar-refractivity contribution in [2.75, 3.05) is 11.8 Å². The van der Waals surface area contributed by atoms with Gasteiger partial charge in [0.2, 0.25) is 0 Å². The summed E-state index contributed by atoms with van der Waals surface area (Å²) in [5, 5.41) is 2.13. The van der Waals surface area contributed by atoms with Gasteiger partial charge in [0.1, 0.15) is 0 Å². The summed E-state index contributed by atoms with van der Waals surface area (Å²) in [6.07, 6.45) is 0. The van der Waals surface area contributed by atoms with Crippen LogP contribution in [0.1, 0.15) is 0 Å². The molecule has 0 aliphatic carbocycles. The second-order valence-electron chi connectivity index (χ2n) is 2.91. The van der Waals surface area contributed by atoms with Crippen LogP contribution < -0.4 is 9.61 Å². The molecule has 0 amide bonds. The van der Waals surface area contributed by atoms with E-state index in [0.717, 1.165) is 6.66 Å². The van der Waals surface area contributed by atoms with Crippen LogP contribution in [0.4, 0.5) is 14.1 Å². The van der Waals surface area contributed by atoms with Crippen molar-refractivity contribution in [1.29, 1.82) is 0 Å². The van der Waals surface area contributed by atoms with Gasteiger partial charge < -0.3 is 0 Å². The Bertz CT molecular complexity index is 305. The number of nitrogens with one attached hydrogen (secondary N) is 1. The van der Waals surface area contributed by atoms with E-state index in [4.69, 9.17) is 0 Å². The molecule has 0 aromatic heterocycles. The van der Waals surface area contributed by atoms with Crippen molar-refractivity contribution in [3.8, 4) is 5.75 Å². The van der Waals surface area contributed by atoms with E-state index in [-0.39, 0.29) is 5.75 Å². The standard InChI is InChI=1S/C7H8F2NOP/c1-12(8,9)10-6-4-2-3-5-7(6)11-12/h2-5,10H,1H3. The molecule has 1 aromatic rings. The van der Waals surface area contributed by atoms with E-state index in [1.54, 1.807) is 18.2 Å². The average molecular weight is 191 g/mol. The van der Waals surface area contributed by atoms with Crippen molar-refractivity contribution in [3.05, 3.63) is 24.3 Å². The molecule has 0 saturated heterocycles. The number of fused-ring (bicyclic) bond motifs is 1. The van der Waals surface area contributed by atoms with Gasteiger partial charge in [-0.1, -0.05) is 0 Å². The fourth-order valence-electron chi connectivity index (χ4n) is 1.14. The minimum absolute atomic E-state index is 0.239. The van der Waals surface area contributed by atoms with E-state index in [0.29, 0.717) is 5.69 Å². The van der Waals surface area contributed by atoms with E-state index < -0.39 is 7.60 Å². The third-order valence-corrected chi connectivity index (χ3v) is 2.89. The Balaban J connectivity index is 2.47. The van der Waals surface area contributed by atoms with Crippen molar-refractivity contribution in [2.24, 2.45) is 0 Å². The number of hydrogen-bond donors (Lipinski definition) is 1. The van der Waals surface area contributed by atoms with Gasteiger partial charge in [-0.15, -0.1) is 0 Å². The van der Waals surface area contributed by atoms with Crippen LogP contribution in [0.15, 0.2) is 24.3 Å². The van der Waals surface area contributed by atoms with Crippen molar-refractivity contribution < 1.29 is 12.9 Å². The van der Waals surface area contributed by atoms with Gasteiger partial charge in [0, 0.05) is 0 Å². The van der Waals surface area contributed by atoms with Crippen LogP contribution in [-0.4, -0.2) is 6.66 Å². The zero-order valence-electron chi connectivity index (χ0n) is 6.42. The van der Waals surface area contributed by atoms with Gasteiger partial charge in [-0.2, -0.15) is 0 Å². The molecule has 12 heavy (non-hydrogen) atoms. The molecule has 2 rings (SSSR count). The van der Waals surface area contributed by atoms with E-state index in [9.17, 15) is 8.39 Å². The molecule has 1 N–H and O–H groups in total. The van der Waals surface area contributed by atoms with Gasteiger partial charge in [-0.3, -0.25) is 0 Å². The van der Waals surface area contributed by atoms with Gasteiger partial charge in [-0.05, 0) is 0 Å². The number of halogens is 2. The summed E-state index contributed by atoms with van der Waals surface area (Å²) in [4.78, 5) is 0. The summed E-state index contributed by atoms with van der Waals surface area (Å²) < 4.78 is 31.0. The molecular formula is C7H8F2NOP. The molecule has 2 nitrogen and oxygen atoms in total. The van der Waals surface area contributed by atoms with Crippen LogP contribution in [0.3, 0.4) is 0 Å². The molecule has 5 heteroatoms. The van der Waals surface area contributed by atoms with Crippen molar-refractivity contribution in [1.82, 2.24) is 0 Å². The number of hydrogen-bond acceptors (Lipinski definition) is 2. The first-order chi connectivity index (χ1) is 5.44. The number of benzene rings is 1. The molecule has 0 spiro atoms. The van der Waals surface area contributed by atoms with Crippen LogP contribution in [0.2, 0.25) is 0 Å². The third kappa shape index (κ3) is 1.23. The number of para-hydroxylation sites is 2. The first-order valence-electron chi connectivity index (χ1n) is 3.47.